The van der Waals surface area contributed by atoms with Gasteiger partial charge >= 0.3 is 6.09 Å². The van der Waals surface area contributed by atoms with Crippen LogP contribution in [0.4, 0.5) is 10.5 Å². The topological polar surface area (TPSA) is 76.7 Å². The molecule has 1 saturated heterocycles. The number of ether oxygens (including phenoxy) is 2. The molecule has 20 heavy (non-hydrogen) atoms. The maximum atomic E-state index is 11.3. The van der Waals surface area contributed by atoms with Gasteiger partial charge in [0.1, 0.15) is 5.75 Å². The fourth-order valence-corrected chi connectivity index (χ4v) is 2.40. The SMILES string of the molecule is COc1c(NC(C)=O)cc(Cl)c(C)c1C1CNC(=O)O1. The molecule has 1 unspecified atom stereocenters. The summed E-state index contributed by atoms with van der Waals surface area (Å²) in [6.45, 7) is 3.53. The Kier molecular flexibility index (Phi) is 4.04. The fourth-order valence-electron chi connectivity index (χ4n) is 2.18. The minimum Gasteiger partial charge on any atom is -0.494 e. The van der Waals surface area contributed by atoms with Crippen LogP contribution in [-0.4, -0.2) is 25.7 Å². The second kappa shape index (κ2) is 5.58. The van der Waals surface area contributed by atoms with Crippen molar-refractivity contribution in [1.29, 1.82) is 0 Å². The summed E-state index contributed by atoms with van der Waals surface area (Å²) in [6, 6.07) is 1.62. The van der Waals surface area contributed by atoms with Gasteiger partial charge in [-0.1, -0.05) is 11.6 Å². The quantitative estimate of drug-likeness (QED) is 0.898. The number of anilines is 1. The summed E-state index contributed by atoms with van der Waals surface area (Å²) in [4.78, 5) is 22.5. The summed E-state index contributed by atoms with van der Waals surface area (Å²) in [5, 5.41) is 5.70. The third kappa shape index (κ3) is 2.65. The lowest BCUT2D eigenvalue weighted by molar-refractivity contribution is -0.114. The molecule has 0 aromatic heterocycles. The van der Waals surface area contributed by atoms with E-state index in [9.17, 15) is 9.59 Å². The lowest BCUT2D eigenvalue weighted by Crippen LogP contribution is -2.14. The van der Waals surface area contributed by atoms with E-state index in [1.54, 1.807) is 6.07 Å². The maximum Gasteiger partial charge on any atom is 0.407 e. The van der Waals surface area contributed by atoms with Crippen LogP contribution in [0.3, 0.4) is 0 Å². The second-order valence-electron chi connectivity index (χ2n) is 4.43. The van der Waals surface area contributed by atoms with Crippen LogP contribution in [0.2, 0.25) is 5.02 Å². The summed E-state index contributed by atoms with van der Waals surface area (Å²) in [7, 11) is 1.49. The fraction of sp³-hybridized carbons (Fsp3) is 0.385. The molecule has 2 N–H and O–H groups in total. The van der Waals surface area contributed by atoms with Gasteiger partial charge in [0, 0.05) is 17.5 Å². The number of carbonyl (C=O) groups excluding carboxylic acids is 2. The van der Waals surface area contributed by atoms with Gasteiger partial charge in [0.05, 0.1) is 19.3 Å². The van der Waals surface area contributed by atoms with Crippen LogP contribution < -0.4 is 15.4 Å². The number of amides is 2. The van der Waals surface area contributed by atoms with E-state index in [1.165, 1.54) is 14.0 Å². The van der Waals surface area contributed by atoms with Gasteiger partial charge in [-0.15, -0.1) is 0 Å². The summed E-state index contributed by atoms with van der Waals surface area (Å²) >= 11 is 6.18. The van der Waals surface area contributed by atoms with E-state index >= 15 is 0 Å². The number of hydrogen-bond acceptors (Lipinski definition) is 4. The molecule has 0 radical (unpaired) electrons. The molecule has 1 aromatic rings. The Hall–Kier alpha value is -1.95. The number of methoxy groups -OCH3 is 1. The Balaban J connectivity index is 2.55. The average molecular weight is 299 g/mol. The van der Waals surface area contributed by atoms with Gasteiger partial charge in [0.15, 0.2) is 6.10 Å². The average Bonchev–Trinajstić information content (AvgIpc) is 2.78. The highest BCUT2D eigenvalue weighted by Gasteiger charge is 2.31. The van der Waals surface area contributed by atoms with Crippen molar-refractivity contribution in [2.75, 3.05) is 19.0 Å². The first kappa shape index (κ1) is 14.5. The number of cyclic esters (lactones) is 1. The summed E-state index contributed by atoms with van der Waals surface area (Å²) in [5.41, 5.74) is 1.86. The van der Waals surface area contributed by atoms with Gasteiger partial charge in [-0.25, -0.2) is 4.79 Å². The number of hydrogen-bond donors (Lipinski definition) is 2. The van der Waals surface area contributed by atoms with Gasteiger partial charge in [-0.3, -0.25) is 4.79 Å². The third-order valence-corrected chi connectivity index (χ3v) is 3.43. The number of nitrogens with one attached hydrogen (secondary N) is 2. The second-order valence-corrected chi connectivity index (χ2v) is 4.84. The highest BCUT2D eigenvalue weighted by atomic mass is 35.5. The molecular formula is C13H15ClN2O4. The standard InChI is InChI=1S/C13H15ClN2O4/c1-6-8(14)4-9(16-7(2)17)12(19-3)11(6)10-5-15-13(18)20-10/h4,10H,5H2,1-3H3,(H,15,18)(H,16,17). The van der Waals surface area contributed by atoms with E-state index < -0.39 is 12.2 Å². The lowest BCUT2D eigenvalue weighted by atomic mass is 10.0. The highest BCUT2D eigenvalue weighted by molar-refractivity contribution is 6.32. The zero-order chi connectivity index (χ0) is 14.9. The smallest absolute Gasteiger partial charge is 0.407 e. The minimum atomic E-state index is -0.497. The normalized spacial score (nSPS) is 17.4. The van der Waals surface area contributed by atoms with Gasteiger partial charge in [-0.2, -0.15) is 0 Å². The molecule has 0 aliphatic carbocycles. The maximum absolute atomic E-state index is 11.3. The van der Waals surface area contributed by atoms with E-state index in [0.717, 1.165) is 5.56 Å². The first-order valence-electron chi connectivity index (χ1n) is 6.03. The van der Waals surface area contributed by atoms with Crippen LogP contribution in [0.1, 0.15) is 24.2 Å². The zero-order valence-electron chi connectivity index (χ0n) is 11.4. The third-order valence-electron chi connectivity index (χ3n) is 3.04. The largest absolute Gasteiger partial charge is 0.494 e. The van der Waals surface area contributed by atoms with Crippen molar-refractivity contribution in [2.24, 2.45) is 0 Å². The Morgan fingerprint density at radius 1 is 1.60 bits per heavy atom. The van der Waals surface area contributed by atoms with Crippen molar-refractivity contribution in [1.82, 2.24) is 5.32 Å². The molecule has 1 aliphatic heterocycles. The van der Waals surface area contributed by atoms with Crippen molar-refractivity contribution in [3.63, 3.8) is 0 Å². The molecular weight excluding hydrogens is 284 g/mol. The molecule has 0 spiro atoms. The van der Waals surface area contributed by atoms with Crippen molar-refractivity contribution < 1.29 is 19.1 Å². The monoisotopic (exact) mass is 298 g/mol. The van der Waals surface area contributed by atoms with Gasteiger partial charge in [0.2, 0.25) is 5.91 Å². The molecule has 1 fully saturated rings. The van der Waals surface area contributed by atoms with Crippen molar-refractivity contribution in [3.8, 4) is 5.75 Å². The minimum absolute atomic E-state index is 0.240. The summed E-state index contributed by atoms with van der Waals surface area (Å²) in [6.07, 6.45) is -0.985. The van der Waals surface area contributed by atoms with E-state index in [4.69, 9.17) is 21.1 Å². The van der Waals surface area contributed by atoms with E-state index in [0.29, 0.717) is 28.6 Å². The van der Waals surface area contributed by atoms with Crippen LogP contribution in [0.5, 0.6) is 5.75 Å². The molecule has 1 atom stereocenters. The van der Waals surface area contributed by atoms with Gasteiger partial charge in [-0.05, 0) is 18.6 Å². The molecule has 1 heterocycles. The molecule has 7 heteroatoms. The molecule has 6 nitrogen and oxygen atoms in total. The number of benzene rings is 1. The Labute approximate surface area is 121 Å². The highest BCUT2D eigenvalue weighted by Crippen LogP contribution is 2.41. The predicted octanol–water partition coefficient (Wildman–Crippen LogP) is 2.40. The number of rotatable bonds is 3. The Morgan fingerprint density at radius 3 is 2.80 bits per heavy atom. The number of alkyl carbamates (subject to hydrolysis) is 1. The molecule has 2 amide bonds. The van der Waals surface area contributed by atoms with E-state index in [-0.39, 0.29) is 5.91 Å². The van der Waals surface area contributed by atoms with Crippen molar-refractivity contribution >= 4 is 29.3 Å². The zero-order valence-corrected chi connectivity index (χ0v) is 12.1. The number of halogens is 1. The summed E-state index contributed by atoms with van der Waals surface area (Å²) in [5.74, 6) is 0.208. The van der Waals surface area contributed by atoms with E-state index in [1.807, 2.05) is 6.92 Å². The first-order valence-corrected chi connectivity index (χ1v) is 6.41. The van der Waals surface area contributed by atoms with Crippen LogP contribution in [-0.2, 0) is 9.53 Å². The summed E-state index contributed by atoms with van der Waals surface area (Å²) < 4.78 is 10.6. The van der Waals surface area contributed by atoms with Crippen LogP contribution in [0, 0.1) is 6.92 Å². The van der Waals surface area contributed by atoms with Crippen LogP contribution in [0.15, 0.2) is 6.07 Å². The molecule has 1 aromatic carbocycles. The van der Waals surface area contributed by atoms with Gasteiger partial charge < -0.3 is 20.1 Å². The molecule has 0 saturated carbocycles. The number of carbonyl (C=O) groups is 2. The van der Waals surface area contributed by atoms with E-state index in [2.05, 4.69) is 10.6 Å². The molecule has 2 rings (SSSR count). The van der Waals surface area contributed by atoms with Crippen molar-refractivity contribution in [3.05, 3.63) is 22.2 Å². The Morgan fingerprint density at radius 2 is 2.30 bits per heavy atom. The Bertz CT molecular complexity index is 574. The molecule has 0 bridgehead atoms. The lowest BCUT2D eigenvalue weighted by Gasteiger charge is -2.20. The van der Waals surface area contributed by atoms with Crippen molar-refractivity contribution in [2.45, 2.75) is 20.0 Å². The predicted molar refractivity (Wildman–Crippen MR) is 74.3 cm³/mol. The van der Waals surface area contributed by atoms with Crippen LogP contribution >= 0.6 is 11.6 Å². The van der Waals surface area contributed by atoms with Gasteiger partial charge in [0.25, 0.3) is 0 Å². The first-order chi connectivity index (χ1) is 9.43. The molecule has 1 aliphatic rings. The molecule has 108 valence electrons. The van der Waals surface area contributed by atoms with Crippen LogP contribution in [0.25, 0.3) is 0 Å².